The highest BCUT2D eigenvalue weighted by Crippen LogP contribution is 2.23. The normalized spacial score (nSPS) is 10.8. The van der Waals surface area contributed by atoms with Crippen molar-refractivity contribution >= 4 is 10.9 Å². The van der Waals surface area contributed by atoms with Crippen molar-refractivity contribution in [3.05, 3.63) is 36.0 Å². The first-order valence-corrected chi connectivity index (χ1v) is 7.01. The number of aryl methyl sites for hydroxylation is 1. The Kier molecular flexibility index (Phi) is 5.16. The fourth-order valence-electron chi connectivity index (χ4n) is 1.99. The van der Waals surface area contributed by atoms with Crippen molar-refractivity contribution in [3.63, 3.8) is 0 Å². The molecule has 0 aliphatic rings. The summed E-state index contributed by atoms with van der Waals surface area (Å²) in [6.45, 7) is 6.82. The van der Waals surface area contributed by atoms with Crippen LogP contribution in [0.5, 0.6) is 5.75 Å². The van der Waals surface area contributed by atoms with E-state index < -0.39 is 0 Å². The van der Waals surface area contributed by atoms with E-state index in [0.717, 1.165) is 35.4 Å². The van der Waals surface area contributed by atoms with Gasteiger partial charge in [-0.2, -0.15) is 0 Å². The van der Waals surface area contributed by atoms with Crippen LogP contribution in [-0.2, 0) is 0 Å². The summed E-state index contributed by atoms with van der Waals surface area (Å²) in [4.78, 5) is 4.56. The van der Waals surface area contributed by atoms with Gasteiger partial charge in [0.2, 0.25) is 0 Å². The van der Waals surface area contributed by atoms with Crippen molar-refractivity contribution in [2.75, 3.05) is 19.7 Å². The Labute approximate surface area is 115 Å². The fourth-order valence-corrected chi connectivity index (χ4v) is 1.99. The number of nitrogens with one attached hydrogen (secondary N) is 1. The molecule has 0 fully saturated rings. The summed E-state index contributed by atoms with van der Waals surface area (Å²) in [5.74, 6) is 0.874. The van der Waals surface area contributed by atoms with Crippen LogP contribution in [0.2, 0.25) is 0 Å². The highest BCUT2D eigenvalue weighted by Gasteiger charge is 2.03. The van der Waals surface area contributed by atoms with E-state index in [0.29, 0.717) is 6.61 Å². The Balaban J connectivity index is 1.95. The van der Waals surface area contributed by atoms with Gasteiger partial charge >= 0.3 is 0 Å². The summed E-state index contributed by atoms with van der Waals surface area (Å²) in [7, 11) is 0. The van der Waals surface area contributed by atoms with Gasteiger partial charge in [0.1, 0.15) is 17.9 Å². The van der Waals surface area contributed by atoms with E-state index in [-0.39, 0.29) is 0 Å². The molecule has 3 nitrogen and oxygen atoms in total. The third-order valence-corrected chi connectivity index (χ3v) is 3.07. The fraction of sp³-hybridized carbons (Fsp3) is 0.438. The number of hydrogen-bond acceptors (Lipinski definition) is 3. The summed E-state index contributed by atoms with van der Waals surface area (Å²) < 4.78 is 5.83. The average molecular weight is 258 g/mol. The maximum atomic E-state index is 5.83. The first kappa shape index (κ1) is 13.8. The minimum atomic E-state index is 0.679. The van der Waals surface area contributed by atoms with E-state index in [1.807, 2.05) is 25.1 Å². The highest BCUT2D eigenvalue weighted by atomic mass is 16.5. The first-order valence-electron chi connectivity index (χ1n) is 7.01. The van der Waals surface area contributed by atoms with Crippen LogP contribution in [0.3, 0.4) is 0 Å². The Hall–Kier alpha value is -1.61. The van der Waals surface area contributed by atoms with Gasteiger partial charge in [0.15, 0.2) is 0 Å². The number of benzene rings is 1. The van der Waals surface area contributed by atoms with Gasteiger partial charge in [-0.1, -0.05) is 31.5 Å². The lowest BCUT2D eigenvalue weighted by molar-refractivity contribution is 0.316. The molecule has 0 unspecified atom stereocenters. The predicted molar refractivity (Wildman–Crippen MR) is 79.8 cm³/mol. The molecule has 102 valence electrons. The number of rotatable bonds is 7. The van der Waals surface area contributed by atoms with Gasteiger partial charge in [-0.05, 0) is 32.0 Å². The number of para-hydroxylation sites is 1. The van der Waals surface area contributed by atoms with E-state index in [4.69, 9.17) is 4.74 Å². The summed E-state index contributed by atoms with van der Waals surface area (Å²) in [5, 5.41) is 4.50. The van der Waals surface area contributed by atoms with E-state index in [9.17, 15) is 0 Å². The van der Waals surface area contributed by atoms with Crippen LogP contribution in [0.15, 0.2) is 30.3 Å². The van der Waals surface area contributed by atoms with Crippen LogP contribution in [0.1, 0.15) is 25.5 Å². The lowest BCUT2D eigenvalue weighted by Gasteiger charge is -2.09. The number of pyridine rings is 1. The minimum Gasteiger partial charge on any atom is -0.490 e. The van der Waals surface area contributed by atoms with Gasteiger partial charge in [-0.15, -0.1) is 0 Å². The molecule has 0 spiro atoms. The molecule has 0 saturated heterocycles. The zero-order chi connectivity index (χ0) is 13.5. The second-order valence-corrected chi connectivity index (χ2v) is 4.73. The zero-order valence-corrected chi connectivity index (χ0v) is 11.8. The number of hydrogen-bond donors (Lipinski definition) is 1. The number of unbranched alkanes of at least 4 members (excludes halogenated alkanes) is 1. The molecule has 0 aliphatic carbocycles. The van der Waals surface area contributed by atoms with Gasteiger partial charge in [-0.25, -0.2) is 4.98 Å². The Morgan fingerprint density at radius 2 is 2.05 bits per heavy atom. The summed E-state index contributed by atoms with van der Waals surface area (Å²) in [5.41, 5.74) is 1.97. The first-order chi connectivity index (χ1) is 9.31. The van der Waals surface area contributed by atoms with Crippen molar-refractivity contribution in [1.29, 1.82) is 0 Å². The van der Waals surface area contributed by atoms with Crippen molar-refractivity contribution < 1.29 is 4.74 Å². The molecule has 1 aromatic carbocycles. The van der Waals surface area contributed by atoms with Crippen LogP contribution >= 0.6 is 0 Å². The molecule has 0 atom stereocenters. The van der Waals surface area contributed by atoms with Crippen LogP contribution in [-0.4, -0.2) is 24.7 Å². The molecule has 0 bridgehead atoms. The summed E-state index contributed by atoms with van der Waals surface area (Å²) in [6, 6.07) is 10.2. The van der Waals surface area contributed by atoms with Crippen molar-refractivity contribution in [2.24, 2.45) is 0 Å². The van der Waals surface area contributed by atoms with Gasteiger partial charge in [0, 0.05) is 17.6 Å². The second kappa shape index (κ2) is 7.10. The monoisotopic (exact) mass is 258 g/mol. The molecule has 0 saturated carbocycles. The lowest BCUT2D eigenvalue weighted by atomic mass is 10.2. The lowest BCUT2D eigenvalue weighted by Crippen LogP contribution is -2.22. The number of fused-ring (bicyclic) bond motifs is 1. The molecule has 19 heavy (non-hydrogen) atoms. The van der Waals surface area contributed by atoms with Crippen LogP contribution in [0.25, 0.3) is 10.9 Å². The smallest absolute Gasteiger partial charge is 0.145 e. The van der Waals surface area contributed by atoms with Gasteiger partial charge < -0.3 is 10.1 Å². The van der Waals surface area contributed by atoms with E-state index in [1.165, 1.54) is 12.8 Å². The topological polar surface area (TPSA) is 34.1 Å². The van der Waals surface area contributed by atoms with E-state index in [1.54, 1.807) is 0 Å². The number of ether oxygens (including phenoxy) is 1. The molecule has 0 aliphatic heterocycles. The molecular formula is C16H22N2O. The molecule has 1 aromatic heterocycles. The van der Waals surface area contributed by atoms with Crippen LogP contribution < -0.4 is 10.1 Å². The largest absolute Gasteiger partial charge is 0.490 e. The van der Waals surface area contributed by atoms with Crippen molar-refractivity contribution in [1.82, 2.24) is 10.3 Å². The van der Waals surface area contributed by atoms with Crippen LogP contribution in [0.4, 0.5) is 0 Å². The summed E-state index contributed by atoms with van der Waals surface area (Å²) in [6.07, 6.45) is 2.44. The minimum absolute atomic E-state index is 0.679. The quantitative estimate of drug-likeness (QED) is 0.774. The molecule has 2 rings (SSSR count). The third-order valence-electron chi connectivity index (χ3n) is 3.07. The van der Waals surface area contributed by atoms with E-state index >= 15 is 0 Å². The molecule has 1 N–H and O–H groups in total. The maximum Gasteiger partial charge on any atom is 0.145 e. The Bertz CT molecular complexity index is 525. The van der Waals surface area contributed by atoms with Gasteiger partial charge in [0.25, 0.3) is 0 Å². The Morgan fingerprint density at radius 3 is 2.89 bits per heavy atom. The van der Waals surface area contributed by atoms with Crippen molar-refractivity contribution in [2.45, 2.75) is 26.7 Å². The SMILES string of the molecule is CCCCNCCOc1cccc2ccc(C)nc12. The molecular weight excluding hydrogens is 236 g/mol. The highest BCUT2D eigenvalue weighted by molar-refractivity contribution is 5.84. The number of aromatic nitrogens is 1. The molecule has 0 amide bonds. The average Bonchev–Trinajstić information content (AvgIpc) is 2.43. The predicted octanol–water partition coefficient (Wildman–Crippen LogP) is 3.31. The molecule has 1 heterocycles. The second-order valence-electron chi connectivity index (χ2n) is 4.73. The third kappa shape index (κ3) is 3.93. The Morgan fingerprint density at radius 1 is 1.16 bits per heavy atom. The maximum absolute atomic E-state index is 5.83. The molecule has 2 aromatic rings. The van der Waals surface area contributed by atoms with E-state index in [2.05, 4.69) is 29.4 Å². The van der Waals surface area contributed by atoms with Gasteiger partial charge in [0.05, 0.1) is 0 Å². The molecule has 0 radical (unpaired) electrons. The summed E-state index contributed by atoms with van der Waals surface area (Å²) >= 11 is 0. The zero-order valence-electron chi connectivity index (χ0n) is 11.8. The number of nitrogens with zero attached hydrogens (tertiary/aromatic N) is 1. The van der Waals surface area contributed by atoms with Gasteiger partial charge in [-0.3, -0.25) is 0 Å². The molecule has 3 heteroatoms. The van der Waals surface area contributed by atoms with Crippen LogP contribution in [0, 0.1) is 6.92 Å². The van der Waals surface area contributed by atoms with Crippen molar-refractivity contribution in [3.8, 4) is 5.75 Å². The standard InChI is InChI=1S/C16H22N2O/c1-3-4-10-17-11-12-19-15-7-5-6-14-9-8-13(2)18-16(14)15/h5-9,17H,3-4,10-12H2,1-2H3.